The van der Waals surface area contributed by atoms with E-state index in [2.05, 4.69) is 4.98 Å². The lowest BCUT2D eigenvalue weighted by Gasteiger charge is -2.05. The molecule has 3 rings (SSSR count). The topological polar surface area (TPSA) is 55.1 Å². The molecule has 0 spiro atoms. The summed E-state index contributed by atoms with van der Waals surface area (Å²) in [7, 11) is 0. The maximum absolute atomic E-state index is 10.9. The summed E-state index contributed by atoms with van der Waals surface area (Å²) in [5.41, 5.74) is 3.19. The van der Waals surface area contributed by atoms with Crippen LogP contribution in [0, 0.1) is 6.92 Å². The molecule has 0 bridgehead atoms. The maximum atomic E-state index is 10.9. The van der Waals surface area contributed by atoms with Crippen molar-refractivity contribution >= 4 is 16.9 Å². The summed E-state index contributed by atoms with van der Waals surface area (Å²) >= 11 is 0. The molecule has 4 heteroatoms. The van der Waals surface area contributed by atoms with Crippen LogP contribution in [-0.4, -0.2) is 20.6 Å². The third kappa shape index (κ3) is 1.97. The molecule has 0 aliphatic heterocycles. The molecule has 1 aromatic carbocycles. The number of rotatable bonds is 2. The summed E-state index contributed by atoms with van der Waals surface area (Å²) in [6.07, 6.45) is 3.72. The molecular weight excluding hydrogens is 240 g/mol. The number of aromatic nitrogens is 2. The van der Waals surface area contributed by atoms with Gasteiger partial charge < -0.3 is 9.67 Å². The van der Waals surface area contributed by atoms with E-state index in [-0.39, 0.29) is 0 Å². The number of carboxylic acid groups (broad SMARTS) is 1. The summed E-state index contributed by atoms with van der Waals surface area (Å²) in [6.45, 7) is 1.94. The standard InChI is InChI=1S/C15H12N2O2/c1-10-2-4-13(9-16-10)17-7-6-11-8-12(15(18)19)3-5-14(11)17/h2-9H,1H3,(H,18,19). The van der Waals surface area contributed by atoms with Crippen LogP contribution in [0.4, 0.5) is 0 Å². The zero-order valence-electron chi connectivity index (χ0n) is 10.4. The second kappa shape index (κ2) is 4.24. The highest BCUT2D eigenvalue weighted by Gasteiger charge is 2.07. The van der Waals surface area contributed by atoms with E-state index in [1.165, 1.54) is 0 Å². The van der Waals surface area contributed by atoms with E-state index in [0.717, 1.165) is 22.3 Å². The highest BCUT2D eigenvalue weighted by Crippen LogP contribution is 2.21. The van der Waals surface area contributed by atoms with Crippen molar-refractivity contribution in [3.05, 3.63) is 60.0 Å². The predicted molar refractivity (Wildman–Crippen MR) is 72.8 cm³/mol. The molecule has 0 saturated carbocycles. The third-order valence-electron chi connectivity index (χ3n) is 3.11. The van der Waals surface area contributed by atoms with Crippen molar-refractivity contribution in [2.45, 2.75) is 6.92 Å². The van der Waals surface area contributed by atoms with Gasteiger partial charge in [0.2, 0.25) is 0 Å². The number of hydrogen-bond acceptors (Lipinski definition) is 2. The summed E-state index contributed by atoms with van der Waals surface area (Å²) < 4.78 is 1.99. The molecule has 2 heterocycles. The Labute approximate surface area is 109 Å². The number of aryl methyl sites for hydroxylation is 1. The molecule has 94 valence electrons. The molecule has 0 unspecified atom stereocenters. The van der Waals surface area contributed by atoms with Crippen LogP contribution in [0.2, 0.25) is 0 Å². The molecule has 3 aromatic rings. The SMILES string of the molecule is Cc1ccc(-n2ccc3cc(C(=O)O)ccc32)cn1. The molecule has 1 N–H and O–H groups in total. The molecule has 0 atom stereocenters. The highest BCUT2D eigenvalue weighted by molar-refractivity contribution is 5.94. The fraction of sp³-hybridized carbons (Fsp3) is 0.0667. The van der Waals surface area contributed by atoms with Crippen molar-refractivity contribution in [2.75, 3.05) is 0 Å². The maximum Gasteiger partial charge on any atom is 0.335 e. The monoisotopic (exact) mass is 252 g/mol. The summed E-state index contributed by atoms with van der Waals surface area (Å²) in [5.74, 6) is -0.911. The normalized spacial score (nSPS) is 10.8. The van der Waals surface area contributed by atoms with Gasteiger partial charge in [-0.1, -0.05) is 0 Å². The van der Waals surface area contributed by atoms with Gasteiger partial charge in [-0.25, -0.2) is 4.79 Å². The van der Waals surface area contributed by atoms with E-state index in [1.54, 1.807) is 18.3 Å². The average Bonchev–Trinajstić information content (AvgIpc) is 2.82. The minimum atomic E-state index is -0.911. The van der Waals surface area contributed by atoms with Crippen LogP contribution in [0.1, 0.15) is 16.1 Å². The Balaban J connectivity index is 2.15. The number of pyridine rings is 1. The van der Waals surface area contributed by atoms with Crippen LogP contribution in [-0.2, 0) is 0 Å². The molecule has 0 aliphatic rings. The summed E-state index contributed by atoms with van der Waals surface area (Å²) in [6, 6.07) is 11.0. The van der Waals surface area contributed by atoms with Crippen LogP contribution in [0.5, 0.6) is 0 Å². The van der Waals surface area contributed by atoms with Gasteiger partial charge in [0.1, 0.15) is 0 Å². The lowest BCUT2D eigenvalue weighted by molar-refractivity contribution is 0.0697. The number of fused-ring (bicyclic) bond motifs is 1. The first-order chi connectivity index (χ1) is 9.15. The zero-order chi connectivity index (χ0) is 13.4. The van der Waals surface area contributed by atoms with Crippen molar-refractivity contribution in [2.24, 2.45) is 0 Å². The first kappa shape index (κ1) is 11.5. The van der Waals surface area contributed by atoms with E-state index >= 15 is 0 Å². The predicted octanol–water partition coefficient (Wildman–Crippen LogP) is 3.03. The lowest BCUT2D eigenvalue weighted by atomic mass is 10.1. The number of nitrogens with zero attached hydrogens (tertiary/aromatic N) is 2. The van der Waals surface area contributed by atoms with Gasteiger partial charge in [-0.05, 0) is 43.3 Å². The number of carboxylic acids is 1. The first-order valence-corrected chi connectivity index (χ1v) is 5.92. The Hall–Kier alpha value is -2.62. The fourth-order valence-electron chi connectivity index (χ4n) is 2.10. The Bertz CT molecular complexity index is 757. The van der Waals surface area contributed by atoms with Crippen molar-refractivity contribution in [1.29, 1.82) is 0 Å². The van der Waals surface area contributed by atoms with Gasteiger partial charge in [-0.15, -0.1) is 0 Å². The molecule has 19 heavy (non-hydrogen) atoms. The minimum Gasteiger partial charge on any atom is -0.478 e. The molecular formula is C15H12N2O2. The molecule has 0 aliphatic carbocycles. The van der Waals surface area contributed by atoms with Gasteiger partial charge >= 0.3 is 5.97 Å². The van der Waals surface area contributed by atoms with Gasteiger partial charge in [0.05, 0.1) is 23.0 Å². The van der Waals surface area contributed by atoms with Crippen molar-refractivity contribution in [3.63, 3.8) is 0 Å². The summed E-state index contributed by atoms with van der Waals surface area (Å²) in [4.78, 5) is 15.2. The second-order valence-corrected chi connectivity index (χ2v) is 4.42. The van der Waals surface area contributed by atoms with Gasteiger partial charge in [0.25, 0.3) is 0 Å². The van der Waals surface area contributed by atoms with Crippen molar-refractivity contribution < 1.29 is 9.90 Å². The molecule has 2 aromatic heterocycles. The molecule has 0 fully saturated rings. The summed E-state index contributed by atoms with van der Waals surface area (Å²) in [5, 5.41) is 9.89. The second-order valence-electron chi connectivity index (χ2n) is 4.42. The number of benzene rings is 1. The largest absolute Gasteiger partial charge is 0.478 e. The van der Waals surface area contributed by atoms with Gasteiger partial charge in [-0.3, -0.25) is 4.98 Å². The van der Waals surface area contributed by atoms with Crippen LogP contribution < -0.4 is 0 Å². The quantitative estimate of drug-likeness (QED) is 0.762. The third-order valence-corrected chi connectivity index (χ3v) is 3.11. The van der Waals surface area contributed by atoms with E-state index in [1.807, 2.05) is 42.0 Å². The Kier molecular flexibility index (Phi) is 2.56. The Morgan fingerprint density at radius 3 is 2.74 bits per heavy atom. The molecule has 0 amide bonds. The van der Waals surface area contributed by atoms with Crippen molar-refractivity contribution in [1.82, 2.24) is 9.55 Å². The Morgan fingerprint density at radius 2 is 2.05 bits per heavy atom. The van der Waals surface area contributed by atoms with Crippen LogP contribution in [0.25, 0.3) is 16.6 Å². The van der Waals surface area contributed by atoms with Crippen LogP contribution in [0.15, 0.2) is 48.8 Å². The lowest BCUT2D eigenvalue weighted by Crippen LogP contribution is -1.96. The van der Waals surface area contributed by atoms with E-state index in [0.29, 0.717) is 5.56 Å². The minimum absolute atomic E-state index is 0.298. The van der Waals surface area contributed by atoms with Crippen LogP contribution >= 0.6 is 0 Å². The number of hydrogen-bond donors (Lipinski definition) is 1. The highest BCUT2D eigenvalue weighted by atomic mass is 16.4. The zero-order valence-corrected chi connectivity index (χ0v) is 10.4. The van der Waals surface area contributed by atoms with E-state index in [9.17, 15) is 4.79 Å². The van der Waals surface area contributed by atoms with E-state index in [4.69, 9.17) is 5.11 Å². The number of aromatic carboxylic acids is 1. The van der Waals surface area contributed by atoms with Gasteiger partial charge in [0.15, 0.2) is 0 Å². The Morgan fingerprint density at radius 1 is 1.21 bits per heavy atom. The molecule has 4 nitrogen and oxygen atoms in total. The average molecular weight is 252 g/mol. The van der Waals surface area contributed by atoms with E-state index < -0.39 is 5.97 Å². The fourth-order valence-corrected chi connectivity index (χ4v) is 2.10. The van der Waals surface area contributed by atoms with Crippen LogP contribution in [0.3, 0.4) is 0 Å². The number of carbonyl (C=O) groups is 1. The van der Waals surface area contributed by atoms with Crippen molar-refractivity contribution in [3.8, 4) is 5.69 Å². The van der Waals surface area contributed by atoms with Gasteiger partial charge in [0, 0.05) is 17.3 Å². The van der Waals surface area contributed by atoms with Gasteiger partial charge in [-0.2, -0.15) is 0 Å². The first-order valence-electron chi connectivity index (χ1n) is 5.92. The molecule has 0 radical (unpaired) electrons. The smallest absolute Gasteiger partial charge is 0.335 e. The molecule has 0 saturated heterocycles.